The average Bonchev–Trinajstić information content (AvgIpc) is 3.08. The van der Waals surface area contributed by atoms with Crippen LogP contribution in [0.15, 0.2) is 39.9 Å². The summed E-state index contributed by atoms with van der Waals surface area (Å²) in [6.45, 7) is 0. The van der Waals surface area contributed by atoms with E-state index in [1.165, 1.54) is 28.9 Å². The van der Waals surface area contributed by atoms with Gasteiger partial charge in [0.05, 0.1) is 22.4 Å². The second kappa shape index (κ2) is 5.79. The molecule has 2 heterocycles. The van der Waals surface area contributed by atoms with Crippen LogP contribution in [0.25, 0.3) is 11.3 Å². The first-order chi connectivity index (χ1) is 10.4. The van der Waals surface area contributed by atoms with E-state index in [1.807, 2.05) is 5.38 Å². The largest absolute Gasteiger partial charge is 0.493 e. The third-order valence-electron chi connectivity index (χ3n) is 2.97. The van der Waals surface area contributed by atoms with E-state index in [1.54, 1.807) is 29.6 Å². The molecule has 22 heavy (non-hydrogen) atoms. The van der Waals surface area contributed by atoms with Gasteiger partial charge >= 0.3 is 0 Å². The van der Waals surface area contributed by atoms with Gasteiger partial charge in [0.15, 0.2) is 9.84 Å². The fourth-order valence-electron chi connectivity index (χ4n) is 1.91. The van der Waals surface area contributed by atoms with Crippen molar-refractivity contribution in [2.45, 2.75) is 11.3 Å². The van der Waals surface area contributed by atoms with Crippen molar-refractivity contribution in [3.8, 4) is 17.1 Å². The molecule has 0 aliphatic heterocycles. The second-order valence-electron chi connectivity index (χ2n) is 4.70. The molecule has 0 unspecified atom stereocenters. The normalized spacial score (nSPS) is 11.7. The van der Waals surface area contributed by atoms with Crippen molar-refractivity contribution >= 4 is 32.5 Å². The molecule has 0 atom stereocenters. The number of thiazole rings is 2. The zero-order valence-corrected chi connectivity index (χ0v) is 14.0. The molecule has 0 aliphatic rings. The van der Waals surface area contributed by atoms with Crippen LogP contribution in [0.5, 0.6) is 5.88 Å². The minimum Gasteiger partial charge on any atom is -0.493 e. The first kappa shape index (κ1) is 15.1. The molecule has 0 saturated heterocycles. The van der Waals surface area contributed by atoms with Crippen LogP contribution in [-0.2, 0) is 16.3 Å². The predicted molar refractivity (Wildman–Crippen MR) is 87.2 cm³/mol. The number of rotatable bonds is 4. The van der Waals surface area contributed by atoms with E-state index in [2.05, 4.69) is 9.97 Å². The summed E-state index contributed by atoms with van der Waals surface area (Å²) in [6.07, 6.45) is 1.77. The molecule has 2 aromatic heterocycles. The number of hydrogen-bond acceptors (Lipinski definition) is 7. The Morgan fingerprint density at radius 1 is 1.05 bits per heavy atom. The Morgan fingerprint density at radius 3 is 2.27 bits per heavy atom. The zero-order valence-electron chi connectivity index (χ0n) is 11.6. The highest BCUT2D eigenvalue weighted by Crippen LogP contribution is 2.26. The molecule has 0 saturated carbocycles. The summed E-state index contributed by atoms with van der Waals surface area (Å²) in [5.74, 6) is 0.0353. The van der Waals surface area contributed by atoms with Gasteiger partial charge in [-0.1, -0.05) is 12.1 Å². The monoisotopic (exact) mass is 352 g/mol. The Balaban J connectivity index is 1.81. The van der Waals surface area contributed by atoms with Crippen molar-refractivity contribution in [2.75, 3.05) is 6.26 Å². The van der Waals surface area contributed by atoms with Crippen molar-refractivity contribution in [2.24, 2.45) is 0 Å². The number of benzene rings is 1. The molecule has 8 heteroatoms. The zero-order chi connectivity index (χ0) is 15.7. The van der Waals surface area contributed by atoms with Crippen molar-refractivity contribution in [3.05, 3.63) is 45.0 Å². The van der Waals surface area contributed by atoms with E-state index in [0.717, 1.165) is 21.3 Å². The molecule has 0 bridgehead atoms. The summed E-state index contributed by atoms with van der Waals surface area (Å²) in [6, 6.07) is 6.68. The van der Waals surface area contributed by atoms with Gasteiger partial charge in [0, 0.05) is 17.2 Å². The maximum absolute atomic E-state index is 11.5. The van der Waals surface area contributed by atoms with Gasteiger partial charge in [0.25, 0.3) is 0 Å². The molecule has 3 aromatic rings. The van der Waals surface area contributed by atoms with Crippen molar-refractivity contribution in [3.63, 3.8) is 0 Å². The number of nitrogens with zero attached hydrogens (tertiary/aromatic N) is 2. The third-order valence-corrected chi connectivity index (χ3v) is 5.79. The summed E-state index contributed by atoms with van der Waals surface area (Å²) >= 11 is 2.91. The third kappa shape index (κ3) is 3.34. The minimum atomic E-state index is -3.18. The fraction of sp³-hybridized carbons (Fsp3) is 0.143. The average molecular weight is 352 g/mol. The highest BCUT2D eigenvalue weighted by atomic mass is 32.2. The maximum atomic E-state index is 11.5. The first-order valence-electron chi connectivity index (χ1n) is 6.30. The minimum absolute atomic E-state index is 0.0353. The Hall–Kier alpha value is -1.77. The number of aromatic nitrogens is 2. The maximum Gasteiger partial charge on any atom is 0.222 e. The summed E-state index contributed by atoms with van der Waals surface area (Å²) in [5, 5.41) is 14.5. The lowest BCUT2D eigenvalue weighted by molar-refractivity contribution is 0.456. The molecule has 3 rings (SSSR count). The van der Waals surface area contributed by atoms with Crippen LogP contribution in [0.2, 0.25) is 0 Å². The molecule has 1 N–H and O–H groups in total. The SMILES string of the molecule is CS(=O)(=O)c1ccc(-c2csc(Cc3nc(O)cs3)n2)cc1. The van der Waals surface area contributed by atoms with Gasteiger partial charge in [-0.2, -0.15) is 0 Å². The van der Waals surface area contributed by atoms with E-state index in [4.69, 9.17) is 0 Å². The van der Waals surface area contributed by atoms with Crippen LogP contribution in [0.3, 0.4) is 0 Å². The van der Waals surface area contributed by atoms with Gasteiger partial charge in [-0.25, -0.2) is 18.4 Å². The van der Waals surface area contributed by atoms with Gasteiger partial charge in [-0.05, 0) is 12.1 Å². The molecule has 0 radical (unpaired) electrons. The Morgan fingerprint density at radius 2 is 1.68 bits per heavy atom. The fourth-order valence-corrected chi connectivity index (χ4v) is 4.10. The molecule has 0 aliphatic carbocycles. The van der Waals surface area contributed by atoms with Gasteiger partial charge in [0.1, 0.15) is 10.0 Å². The molecular formula is C14H12N2O3S3. The van der Waals surface area contributed by atoms with E-state index in [0.29, 0.717) is 11.3 Å². The van der Waals surface area contributed by atoms with Crippen LogP contribution in [0.4, 0.5) is 0 Å². The lowest BCUT2D eigenvalue weighted by Gasteiger charge is -2.00. The summed E-state index contributed by atoms with van der Waals surface area (Å²) in [4.78, 5) is 8.83. The van der Waals surface area contributed by atoms with Crippen LogP contribution < -0.4 is 0 Å². The smallest absolute Gasteiger partial charge is 0.222 e. The summed E-state index contributed by atoms with van der Waals surface area (Å²) < 4.78 is 22.9. The molecule has 0 spiro atoms. The quantitative estimate of drug-likeness (QED) is 0.781. The highest BCUT2D eigenvalue weighted by molar-refractivity contribution is 7.90. The van der Waals surface area contributed by atoms with Crippen LogP contribution >= 0.6 is 22.7 Å². The highest BCUT2D eigenvalue weighted by Gasteiger charge is 2.10. The van der Waals surface area contributed by atoms with E-state index in [-0.39, 0.29) is 5.88 Å². The van der Waals surface area contributed by atoms with Crippen LogP contribution in [0, 0.1) is 0 Å². The van der Waals surface area contributed by atoms with E-state index >= 15 is 0 Å². The van der Waals surface area contributed by atoms with Gasteiger partial charge in [0.2, 0.25) is 5.88 Å². The molecule has 0 fully saturated rings. The van der Waals surface area contributed by atoms with E-state index in [9.17, 15) is 13.5 Å². The number of hydrogen-bond donors (Lipinski definition) is 1. The number of aromatic hydroxyl groups is 1. The van der Waals surface area contributed by atoms with Gasteiger partial charge in [-0.3, -0.25) is 0 Å². The van der Waals surface area contributed by atoms with Crippen LogP contribution in [-0.4, -0.2) is 29.7 Å². The standard InChI is InChI=1S/C14H12N2O3S3/c1-22(18,19)10-4-2-9(3-5-10)11-7-20-13(15-11)6-14-16-12(17)8-21-14/h2-5,7-8,17H,6H2,1H3. The molecule has 1 aromatic carbocycles. The Kier molecular flexibility index (Phi) is 3.98. The summed E-state index contributed by atoms with van der Waals surface area (Å²) in [5.41, 5.74) is 1.68. The summed E-state index contributed by atoms with van der Waals surface area (Å²) in [7, 11) is -3.18. The van der Waals surface area contributed by atoms with Crippen molar-refractivity contribution < 1.29 is 13.5 Å². The van der Waals surface area contributed by atoms with Gasteiger partial charge in [-0.15, -0.1) is 22.7 Å². The molecular weight excluding hydrogens is 340 g/mol. The van der Waals surface area contributed by atoms with Crippen LogP contribution in [0.1, 0.15) is 10.0 Å². The Bertz CT molecular complexity index is 896. The molecule has 114 valence electrons. The lowest BCUT2D eigenvalue weighted by atomic mass is 10.2. The predicted octanol–water partition coefficient (Wildman–Crippen LogP) is 2.97. The molecule has 5 nitrogen and oxygen atoms in total. The van der Waals surface area contributed by atoms with Gasteiger partial charge < -0.3 is 5.11 Å². The van der Waals surface area contributed by atoms with Crippen molar-refractivity contribution in [1.82, 2.24) is 9.97 Å². The number of sulfone groups is 1. The lowest BCUT2D eigenvalue weighted by Crippen LogP contribution is -1.96. The second-order valence-corrected chi connectivity index (χ2v) is 8.60. The van der Waals surface area contributed by atoms with Crippen molar-refractivity contribution in [1.29, 1.82) is 0 Å². The topological polar surface area (TPSA) is 80.2 Å². The van der Waals surface area contributed by atoms with E-state index < -0.39 is 9.84 Å². The molecule has 0 amide bonds. The Labute approximate surface area is 135 Å². The first-order valence-corrected chi connectivity index (χ1v) is 9.95.